The van der Waals surface area contributed by atoms with Gasteiger partial charge < -0.3 is 5.32 Å². The van der Waals surface area contributed by atoms with E-state index in [1.54, 1.807) is 18.2 Å². The van der Waals surface area contributed by atoms with Crippen LogP contribution in [0.4, 0.5) is 0 Å². The summed E-state index contributed by atoms with van der Waals surface area (Å²) in [7, 11) is 0. The van der Waals surface area contributed by atoms with Gasteiger partial charge in [-0.1, -0.05) is 22.8 Å². The number of aromatic amines is 1. The minimum atomic E-state index is -0.682. The van der Waals surface area contributed by atoms with E-state index in [4.69, 9.17) is 11.6 Å². The Morgan fingerprint density at radius 3 is 2.95 bits per heavy atom. The highest BCUT2D eigenvalue weighted by Gasteiger charge is 2.12. The van der Waals surface area contributed by atoms with Crippen LogP contribution in [0.2, 0.25) is 4.34 Å². The fraction of sp³-hybridized carbons (Fsp3) is 0.0769. The van der Waals surface area contributed by atoms with Gasteiger partial charge in [0.15, 0.2) is 0 Å². The van der Waals surface area contributed by atoms with Crippen LogP contribution in [0.5, 0.6) is 0 Å². The molecule has 0 aromatic carbocycles. The van der Waals surface area contributed by atoms with Gasteiger partial charge in [0, 0.05) is 12.1 Å². The van der Waals surface area contributed by atoms with Gasteiger partial charge in [0.1, 0.15) is 11.4 Å². The van der Waals surface area contributed by atoms with Crippen LogP contribution in [0.15, 0.2) is 39.0 Å². The summed E-state index contributed by atoms with van der Waals surface area (Å²) < 4.78 is 5.05. The van der Waals surface area contributed by atoms with Gasteiger partial charge in [-0.2, -0.15) is 0 Å². The van der Waals surface area contributed by atoms with Crippen LogP contribution in [0.25, 0.3) is 11.5 Å². The zero-order valence-electron chi connectivity index (χ0n) is 11.0. The van der Waals surface area contributed by atoms with Gasteiger partial charge in [-0.3, -0.25) is 14.3 Å². The third-order valence-corrected chi connectivity index (χ3v) is 4.05. The summed E-state index contributed by atoms with van der Waals surface area (Å²) in [6.45, 7) is 0.313. The van der Waals surface area contributed by atoms with E-state index < -0.39 is 5.76 Å². The molecule has 0 aliphatic carbocycles. The number of amides is 1. The molecule has 0 bridgehead atoms. The van der Waals surface area contributed by atoms with Crippen molar-refractivity contribution < 1.29 is 9.32 Å². The van der Waals surface area contributed by atoms with Crippen LogP contribution in [0.1, 0.15) is 16.1 Å². The molecule has 22 heavy (non-hydrogen) atoms. The van der Waals surface area contributed by atoms with E-state index in [0.717, 1.165) is 5.56 Å². The lowest BCUT2D eigenvalue weighted by atomic mass is 10.2. The number of hydrogen-bond acceptors (Lipinski definition) is 6. The first-order valence-corrected chi connectivity index (χ1v) is 7.43. The average molecular weight is 337 g/mol. The zero-order valence-corrected chi connectivity index (χ0v) is 12.6. The van der Waals surface area contributed by atoms with E-state index in [2.05, 4.69) is 25.0 Å². The van der Waals surface area contributed by atoms with Crippen molar-refractivity contribution in [2.45, 2.75) is 6.54 Å². The molecular formula is C13H9ClN4O3S. The summed E-state index contributed by atoms with van der Waals surface area (Å²) in [5, 5.41) is 8.11. The molecule has 0 aliphatic heterocycles. The first-order valence-electron chi connectivity index (χ1n) is 6.17. The van der Waals surface area contributed by atoms with Crippen molar-refractivity contribution in [1.29, 1.82) is 0 Å². The van der Waals surface area contributed by atoms with Gasteiger partial charge in [0.2, 0.25) is 5.82 Å². The normalized spacial score (nSPS) is 10.6. The third-order valence-electron chi connectivity index (χ3n) is 2.80. The zero-order chi connectivity index (χ0) is 15.5. The van der Waals surface area contributed by atoms with Crippen LogP contribution >= 0.6 is 22.9 Å². The van der Waals surface area contributed by atoms with Gasteiger partial charge >= 0.3 is 5.76 Å². The lowest BCUT2D eigenvalue weighted by Crippen LogP contribution is -2.23. The van der Waals surface area contributed by atoms with Gasteiger partial charge in [-0.25, -0.2) is 9.78 Å². The molecule has 3 aromatic rings. The molecular weight excluding hydrogens is 328 g/mol. The fourth-order valence-electron chi connectivity index (χ4n) is 1.74. The molecule has 7 nitrogen and oxygen atoms in total. The van der Waals surface area contributed by atoms with E-state index >= 15 is 0 Å². The molecule has 0 atom stereocenters. The smallest absolute Gasteiger partial charge is 0.347 e. The molecule has 0 unspecified atom stereocenters. The first kappa shape index (κ1) is 14.5. The lowest BCUT2D eigenvalue weighted by molar-refractivity contribution is 0.0946. The minimum absolute atomic E-state index is 0.167. The average Bonchev–Trinajstić information content (AvgIpc) is 3.13. The Hall–Kier alpha value is -2.45. The van der Waals surface area contributed by atoms with Crippen LogP contribution < -0.4 is 11.1 Å². The Labute approximate surface area is 132 Å². The SMILES string of the molecule is O=C(NCc1ccsc1Cl)c1cccc(-c2noc(=O)[nH]2)n1. The Morgan fingerprint density at radius 2 is 2.27 bits per heavy atom. The number of carbonyl (C=O) groups excluding carboxylic acids is 1. The van der Waals surface area contributed by atoms with Crippen molar-refractivity contribution in [3.8, 4) is 11.5 Å². The Morgan fingerprint density at radius 1 is 1.41 bits per heavy atom. The van der Waals surface area contributed by atoms with Crippen LogP contribution in [-0.2, 0) is 6.54 Å². The Balaban J connectivity index is 1.75. The number of thiophene rings is 1. The molecule has 3 rings (SSSR count). The summed E-state index contributed by atoms with van der Waals surface area (Å²) in [6, 6.07) is 6.66. The second kappa shape index (κ2) is 6.12. The van der Waals surface area contributed by atoms with Crippen molar-refractivity contribution in [3.05, 3.63) is 55.8 Å². The van der Waals surface area contributed by atoms with Crippen molar-refractivity contribution in [3.63, 3.8) is 0 Å². The highest BCUT2D eigenvalue weighted by Crippen LogP contribution is 2.22. The number of hydrogen-bond donors (Lipinski definition) is 2. The van der Waals surface area contributed by atoms with E-state index in [9.17, 15) is 9.59 Å². The largest absolute Gasteiger partial charge is 0.439 e. The van der Waals surface area contributed by atoms with Gasteiger partial charge in [0.25, 0.3) is 5.91 Å². The monoisotopic (exact) mass is 336 g/mol. The van der Waals surface area contributed by atoms with E-state index in [0.29, 0.717) is 16.6 Å². The summed E-state index contributed by atoms with van der Waals surface area (Å²) in [6.07, 6.45) is 0. The number of pyridine rings is 1. The first-order chi connectivity index (χ1) is 10.6. The number of aromatic nitrogens is 3. The van der Waals surface area contributed by atoms with E-state index in [-0.39, 0.29) is 17.4 Å². The molecule has 0 spiro atoms. The maximum absolute atomic E-state index is 12.1. The molecule has 3 aromatic heterocycles. The second-order valence-corrected chi connectivity index (χ2v) is 5.77. The predicted molar refractivity (Wildman–Crippen MR) is 80.9 cm³/mol. The highest BCUT2D eigenvalue weighted by molar-refractivity contribution is 7.14. The van der Waals surface area contributed by atoms with Crippen LogP contribution in [-0.4, -0.2) is 21.0 Å². The van der Waals surface area contributed by atoms with Crippen LogP contribution in [0.3, 0.4) is 0 Å². The summed E-state index contributed by atoms with van der Waals surface area (Å²) in [5.41, 5.74) is 1.39. The number of nitrogens with one attached hydrogen (secondary N) is 2. The molecule has 1 amide bonds. The summed E-state index contributed by atoms with van der Waals surface area (Å²) in [4.78, 5) is 29.6. The molecule has 0 aliphatic rings. The number of H-pyrrole nitrogens is 1. The number of rotatable bonds is 4. The van der Waals surface area contributed by atoms with Crippen molar-refractivity contribution in [2.75, 3.05) is 0 Å². The summed E-state index contributed by atoms with van der Waals surface area (Å²) >= 11 is 7.38. The minimum Gasteiger partial charge on any atom is -0.347 e. The molecule has 0 saturated carbocycles. The van der Waals surface area contributed by atoms with Crippen molar-refractivity contribution in [2.24, 2.45) is 0 Å². The van der Waals surface area contributed by atoms with Gasteiger partial charge in [-0.15, -0.1) is 11.3 Å². The van der Waals surface area contributed by atoms with Crippen molar-refractivity contribution in [1.82, 2.24) is 20.4 Å². The standard InChI is InChI=1S/C13H9ClN4O3S/c14-10-7(4-5-22-10)6-15-12(19)9-3-1-2-8(16-9)11-17-13(20)21-18-11/h1-5H,6H2,(H,15,19)(H,17,18,20). The lowest BCUT2D eigenvalue weighted by Gasteiger charge is -2.04. The quantitative estimate of drug-likeness (QED) is 0.759. The molecule has 0 fully saturated rings. The maximum Gasteiger partial charge on any atom is 0.439 e. The van der Waals surface area contributed by atoms with Gasteiger partial charge in [-0.05, 0) is 23.6 Å². The fourth-order valence-corrected chi connectivity index (χ4v) is 2.67. The van der Waals surface area contributed by atoms with Crippen LogP contribution in [0, 0.1) is 0 Å². The topological polar surface area (TPSA) is 101 Å². The molecule has 112 valence electrons. The number of nitrogens with zero attached hydrogens (tertiary/aromatic N) is 2. The Kier molecular flexibility index (Phi) is 4.03. The molecule has 0 saturated heterocycles. The van der Waals surface area contributed by atoms with Crippen molar-refractivity contribution >= 4 is 28.8 Å². The maximum atomic E-state index is 12.1. The van der Waals surface area contributed by atoms with Gasteiger partial charge in [0.05, 0.1) is 4.34 Å². The highest BCUT2D eigenvalue weighted by atomic mass is 35.5. The second-order valence-electron chi connectivity index (χ2n) is 4.25. The number of carbonyl (C=O) groups is 1. The molecule has 9 heteroatoms. The third kappa shape index (κ3) is 3.07. The Bertz CT molecular complexity index is 870. The summed E-state index contributed by atoms with van der Waals surface area (Å²) in [5.74, 6) is -0.866. The predicted octanol–water partition coefficient (Wildman–Crippen LogP) is 2.07. The van der Waals surface area contributed by atoms with E-state index in [1.807, 2.05) is 11.4 Å². The molecule has 3 heterocycles. The molecule has 0 radical (unpaired) electrons. The van der Waals surface area contributed by atoms with E-state index in [1.165, 1.54) is 11.3 Å². The molecule has 2 N–H and O–H groups in total. The number of halogens is 1.